The molecule has 3 aliphatic heterocycles. The Hall–Kier alpha value is -0.120. The zero-order valence-corrected chi connectivity index (χ0v) is 12.0. The summed E-state index contributed by atoms with van der Waals surface area (Å²) < 4.78 is 0. The lowest BCUT2D eigenvalue weighted by atomic mass is 9.78. The summed E-state index contributed by atoms with van der Waals surface area (Å²) in [4.78, 5) is 5.30. The van der Waals surface area contributed by atoms with E-state index in [0.717, 1.165) is 5.92 Å². The summed E-state index contributed by atoms with van der Waals surface area (Å²) in [5.41, 5.74) is 0.702. The van der Waals surface area contributed by atoms with Crippen LogP contribution in [0.3, 0.4) is 0 Å². The fourth-order valence-corrected chi connectivity index (χ4v) is 4.23. The average Bonchev–Trinajstić information content (AvgIpc) is 2.78. The fourth-order valence-electron chi connectivity index (χ4n) is 4.23. The van der Waals surface area contributed by atoms with Crippen molar-refractivity contribution in [2.45, 2.75) is 32.1 Å². The largest absolute Gasteiger partial charge is 0.346 e. The van der Waals surface area contributed by atoms with Gasteiger partial charge in [-0.1, -0.05) is 0 Å². The molecule has 0 saturated carbocycles. The van der Waals surface area contributed by atoms with Crippen molar-refractivity contribution in [2.75, 3.05) is 52.9 Å². The van der Waals surface area contributed by atoms with E-state index in [9.17, 15) is 0 Å². The van der Waals surface area contributed by atoms with Crippen LogP contribution >= 0.6 is 0 Å². The quantitative estimate of drug-likeness (QED) is 0.768. The molecule has 0 aromatic carbocycles. The molecule has 0 amide bonds. The van der Waals surface area contributed by atoms with E-state index in [2.05, 4.69) is 22.2 Å². The van der Waals surface area contributed by atoms with E-state index in [1.54, 1.807) is 0 Å². The maximum Gasteiger partial charge on any atom is 0.0758 e. The number of nitrogens with two attached hydrogens (primary N) is 1. The monoisotopic (exact) mass is 252 g/mol. The highest BCUT2D eigenvalue weighted by Gasteiger charge is 2.40. The minimum Gasteiger partial charge on any atom is -0.346 e. The smallest absolute Gasteiger partial charge is 0.0758 e. The van der Waals surface area contributed by atoms with Crippen LogP contribution in [0.25, 0.3) is 0 Å². The van der Waals surface area contributed by atoms with Gasteiger partial charge in [-0.15, -0.1) is 0 Å². The van der Waals surface area contributed by atoms with Crippen LogP contribution in [-0.2, 0) is 0 Å². The highest BCUT2D eigenvalue weighted by molar-refractivity contribution is 4.93. The van der Waals surface area contributed by atoms with Gasteiger partial charge in [0, 0.05) is 25.9 Å². The van der Waals surface area contributed by atoms with Gasteiger partial charge in [0.25, 0.3) is 0 Å². The summed E-state index contributed by atoms with van der Waals surface area (Å²) in [6.45, 7) is 9.57. The van der Waals surface area contributed by atoms with E-state index in [-0.39, 0.29) is 0 Å². The van der Waals surface area contributed by atoms with E-state index >= 15 is 0 Å². The van der Waals surface area contributed by atoms with E-state index in [0.29, 0.717) is 5.41 Å². The van der Waals surface area contributed by atoms with Crippen molar-refractivity contribution in [1.82, 2.24) is 9.80 Å². The molecule has 3 heterocycles. The topological polar surface area (TPSA) is 23.1 Å². The number of hydrogen-bond acceptors (Lipinski definition) is 2. The average molecular weight is 252 g/mol. The third kappa shape index (κ3) is 2.89. The van der Waals surface area contributed by atoms with Crippen LogP contribution in [0.1, 0.15) is 32.1 Å². The van der Waals surface area contributed by atoms with Gasteiger partial charge in [0.15, 0.2) is 0 Å². The van der Waals surface area contributed by atoms with Gasteiger partial charge in [0.2, 0.25) is 0 Å². The fraction of sp³-hybridized carbons (Fsp3) is 1.00. The predicted molar refractivity (Wildman–Crippen MR) is 74.6 cm³/mol. The van der Waals surface area contributed by atoms with E-state index < -0.39 is 0 Å². The Kier molecular flexibility index (Phi) is 3.92. The van der Waals surface area contributed by atoms with Gasteiger partial charge >= 0.3 is 0 Å². The number of piperidine rings is 2. The maximum atomic E-state index is 2.79. The number of rotatable bonds is 2. The Balaban J connectivity index is 1.48. The molecule has 3 heteroatoms. The second kappa shape index (κ2) is 5.48. The number of nitrogens with zero attached hydrogens (tertiary/aromatic N) is 2. The molecule has 3 fully saturated rings. The van der Waals surface area contributed by atoms with Crippen molar-refractivity contribution in [3.05, 3.63) is 0 Å². The van der Waals surface area contributed by atoms with Gasteiger partial charge < -0.3 is 15.1 Å². The second-order valence-corrected chi connectivity index (χ2v) is 7.10. The van der Waals surface area contributed by atoms with E-state index in [4.69, 9.17) is 0 Å². The number of likely N-dealkylation sites (tertiary alicyclic amines) is 2. The molecule has 3 nitrogen and oxygen atoms in total. The van der Waals surface area contributed by atoms with Crippen molar-refractivity contribution < 1.29 is 5.32 Å². The Labute approximate surface area is 112 Å². The lowest BCUT2D eigenvalue weighted by Gasteiger charge is -2.38. The van der Waals surface area contributed by atoms with Crippen molar-refractivity contribution in [2.24, 2.45) is 11.3 Å². The van der Waals surface area contributed by atoms with Crippen LogP contribution in [-0.4, -0.2) is 62.7 Å². The molecule has 1 spiro atoms. The molecule has 3 aliphatic rings. The Bertz CT molecular complexity index is 265. The van der Waals surface area contributed by atoms with Crippen LogP contribution in [0.5, 0.6) is 0 Å². The Morgan fingerprint density at radius 2 is 1.72 bits per heavy atom. The first kappa shape index (κ1) is 12.9. The SMILES string of the molecule is CN1CCC2(CC1)CCN(CC1CC[NH2+]CC1)C2. The molecule has 0 aliphatic carbocycles. The third-order valence-corrected chi connectivity index (χ3v) is 5.64. The molecule has 0 unspecified atom stereocenters. The summed E-state index contributed by atoms with van der Waals surface area (Å²) in [6.07, 6.45) is 7.26. The Morgan fingerprint density at radius 3 is 2.44 bits per heavy atom. The van der Waals surface area contributed by atoms with Gasteiger partial charge in [0.1, 0.15) is 0 Å². The van der Waals surface area contributed by atoms with Gasteiger partial charge in [-0.25, -0.2) is 0 Å². The van der Waals surface area contributed by atoms with Crippen LogP contribution in [0.2, 0.25) is 0 Å². The Morgan fingerprint density at radius 1 is 1.06 bits per heavy atom. The second-order valence-electron chi connectivity index (χ2n) is 7.10. The molecule has 3 saturated heterocycles. The van der Waals surface area contributed by atoms with Gasteiger partial charge in [-0.3, -0.25) is 0 Å². The van der Waals surface area contributed by atoms with Crippen LogP contribution in [0.4, 0.5) is 0 Å². The van der Waals surface area contributed by atoms with Crippen molar-refractivity contribution in [3.63, 3.8) is 0 Å². The van der Waals surface area contributed by atoms with Gasteiger partial charge in [0.05, 0.1) is 13.1 Å². The first-order valence-corrected chi connectivity index (χ1v) is 7.98. The van der Waals surface area contributed by atoms with Crippen LogP contribution < -0.4 is 5.32 Å². The summed E-state index contributed by atoms with van der Waals surface area (Å²) >= 11 is 0. The van der Waals surface area contributed by atoms with Gasteiger partial charge in [-0.2, -0.15) is 0 Å². The minimum atomic E-state index is 0.702. The first-order chi connectivity index (χ1) is 8.76. The van der Waals surface area contributed by atoms with Crippen molar-refractivity contribution in [3.8, 4) is 0 Å². The zero-order valence-electron chi connectivity index (χ0n) is 12.0. The molecule has 0 aromatic rings. The highest BCUT2D eigenvalue weighted by atomic mass is 15.2. The molecule has 104 valence electrons. The molecule has 0 radical (unpaired) electrons. The summed E-state index contributed by atoms with van der Waals surface area (Å²) in [7, 11) is 2.28. The number of quaternary nitrogens is 1. The summed E-state index contributed by atoms with van der Waals surface area (Å²) in [5, 5.41) is 2.49. The number of hydrogen-bond donors (Lipinski definition) is 1. The molecule has 0 atom stereocenters. The predicted octanol–water partition coefficient (Wildman–Crippen LogP) is 0.378. The zero-order chi connectivity index (χ0) is 12.4. The van der Waals surface area contributed by atoms with E-state index in [1.807, 2.05) is 0 Å². The van der Waals surface area contributed by atoms with Crippen molar-refractivity contribution >= 4 is 0 Å². The van der Waals surface area contributed by atoms with Crippen LogP contribution in [0.15, 0.2) is 0 Å². The summed E-state index contributed by atoms with van der Waals surface area (Å²) in [5.74, 6) is 0.997. The minimum absolute atomic E-state index is 0.702. The van der Waals surface area contributed by atoms with E-state index in [1.165, 1.54) is 77.9 Å². The van der Waals surface area contributed by atoms with Crippen molar-refractivity contribution in [1.29, 1.82) is 0 Å². The molecule has 2 N–H and O–H groups in total. The third-order valence-electron chi connectivity index (χ3n) is 5.64. The molecule has 0 bridgehead atoms. The lowest BCUT2D eigenvalue weighted by Crippen LogP contribution is -2.86. The molecule has 0 aromatic heterocycles. The van der Waals surface area contributed by atoms with Gasteiger partial charge in [-0.05, 0) is 57.3 Å². The highest BCUT2D eigenvalue weighted by Crippen LogP contribution is 2.40. The summed E-state index contributed by atoms with van der Waals surface area (Å²) in [6, 6.07) is 0. The standard InChI is InChI=1S/C15H29N3/c1-17-9-4-15(5-10-17)6-11-18(13-15)12-14-2-7-16-8-3-14/h14,16H,2-13H2,1H3/p+1. The normalized spacial score (nSPS) is 31.2. The first-order valence-electron chi connectivity index (χ1n) is 7.98. The lowest BCUT2D eigenvalue weighted by molar-refractivity contribution is -0.664. The van der Waals surface area contributed by atoms with Crippen LogP contribution in [0, 0.1) is 11.3 Å². The molecular formula is C15H30N3+. The molecule has 3 rings (SSSR count). The maximum absolute atomic E-state index is 2.79. The molecular weight excluding hydrogens is 222 g/mol. The molecule has 18 heavy (non-hydrogen) atoms.